The summed E-state index contributed by atoms with van der Waals surface area (Å²) in [5.41, 5.74) is 8.59. The third kappa shape index (κ3) is 2.96. The predicted octanol–water partition coefficient (Wildman–Crippen LogP) is 2.15. The summed E-state index contributed by atoms with van der Waals surface area (Å²) in [6.07, 6.45) is 2.32. The van der Waals surface area contributed by atoms with Crippen molar-refractivity contribution in [3.8, 4) is 0 Å². The molecule has 0 aromatic heterocycles. The Morgan fingerprint density at radius 1 is 1.30 bits per heavy atom. The van der Waals surface area contributed by atoms with Crippen LogP contribution in [0.15, 0.2) is 24.3 Å². The molecule has 2 N–H and O–H groups in total. The van der Waals surface area contributed by atoms with E-state index in [1.807, 2.05) is 19.0 Å². The fourth-order valence-electron chi connectivity index (χ4n) is 2.88. The van der Waals surface area contributed by atoms with Gasteiger partial charge in [0.1, 0.15) is 0 Å². The van der Waals surface area contributed by atoms with E-state index >= 15 is 0 Å². The van der Waals surface area contributed by atoms with Crippen molar-refractivity contribution in [1.29, 1.82) is 0 Å². The van der Waals surface area contributed by atoms with Crippen LogP contribution in [0, 0.1) is 0 Å². The normalized spacial score (nSPS) is 23.0. The van der Waals surface area contributed by atoms with E-state index < -0.39 is 0 Å². The van der Waals surface area contributed by atoms with Crippen molar-refractivity contribution in [2.45, 2.75) is 38.3 Å². The first kappa shape index (κ1) is 14.9. The van der Waals surface area contributed by atoms with Crippen LogP contribution in [0.3, 0.4) is 0 Å². The van der Waals surface area contributed by atoms with Gasteiger partial charge in [-0.25, -0.2) is 0 Å². The van der Waals surface area contributed by atoms with Gasteiger partial charge in [0.2, 0.25) is 5.91 Å². The Hall–Kier alpha value is -1.55. The minimum Gasteiger partial charge on any atom is -0.378 e. The number of carbonyl (C=O) groups is 1. The van der Waals surface area contributed by atoms with Gasteiger partial charge in [-0.05, 0) is 30.5 Å². The van der Waals surface area contributed by atoms with E-state index in [0.29, 0.717) is 6.42 Å². The van der Waals surface area contributed by atoms with E-state index in [1.54, 1.807) is 0 Å². The van der Waals surface area contributed by atoms with E-state index in [0.717, 1.165) is 30.6 Å². The first-order valence-corrected chi connectivity index (χ1v) is 7.37. The molecule has 1 aromatic rings. The summed E-state index contributed by atoms with van der Waals surface area (Å²) in [6, 6.07) is 8.43. The lowest BCUT2D eigenvalue weighted by atomic mass is 9.90. The number of carbonyl (C=O) groups excluding carboxylic acids is 1. The van der Waals surface area contributed by atoms with Gasteiger partial charge in [-0.3, -0.25) is 4.79 Å². The summed E-state index contributed by atoms with van der Waals surface area (Å²) in [7, 11) is 4.04. The van der Waals surface area contributed by atoms with Crippen LogP contribution in [0.5, 0.6) is 0 Å². The molecular formula is C16H25N3O. The van der Waals surface area contributed by atoms with Crippen LogP contribution < -0.4 is 10.6 Å². The van der Waals surface area contributed by atoms with Gasteiger partial charge >= 0.3 is 0 Å². The Morgan fingerprint density at radius 3 is 2.50 bits per heavy atom. The number of amides is 1. The van der Waals surface area contributed by atoms with Crippen LogP contribution in [-0.4, -0.2) is 37.5 Å². The number of hydrogen-bond acceptors (Lipinski definition) is 3. The lowest BCUT2D eigenvalue weighted by Gasteiger charge is -2.40. The van der Waals surface area contributed by atoms with Gasteiger partial charge in [0.25, 0.3) is 0 Å². The highest BCUT2D eigenvalue weighted by Crippen LogP contribution is 2.31. The van der Waals surface area contributed by atoms with E-state index in [-0.39, 0.29) is 18.0 Å². The molecule has 1 heterocycles. The molecule has 110 valence electrons. The highest BCUT2D eigenvalue weighted by molar-refractivity contribution is 5.78. The second kappa shape index (κ2) is 6.27. The lowest BCUT2D eigenvalue weighted by Crippen LogP contribution is -2.49. The van der Waals surface area contributed by atoms with Gasteiger partial charge in [0, 0.05) is 38.8 Å². The Bertz CT molecular complexity index is 455. The van der Waals surface area contributed by atoms with Crippen molar-refractivity contribution < 1.29 is 4.79 Å². The zero-order valence-electron chi connectivity index (χ0n) is 12.7. The molecule has 0 saturated carbocycles. The largest absolute Gasteiger partial charge is 0.378 e. The molecule has 20 heavy (non-hydrogen) atoms. The van der Waals surface area contributed by atoms with Crippen LogP contribution in [0.2, 0.25) is 0 Å². The maximum absolute atomic E-state index is 12.2. The third-order valence-electron chi connectivity index (χ3n) is 3.97. The molecule has 2 rings (SSSR count). The number of likely N-dealkylation sites (tertiary alicyclic amines) is 1. The smallest absolute Gasteiger partial charge is 0.223 e. The fraction of sp³-hybridized carbons (Fsp3) is 0.562. The van der Waals surface area contributed by atoms with Crippen molar-refractivity contribution in [2.75, 3.05) is 25.5 Å². The van der Waals surface area contributed by atoms with Gasteiger partial charge in [-0.2, -0.15) is 0 Å². The molecule has 1 aliphatic rings. The molecule has 1 aliphatic heterocycles. The molecule has 4 nitrogen and oxygen atoms in total. The molecule has 4 heteroatoms. The Kier molecular flexibility index (Phi) is 4.65. The van der Waals surface area contributed by atoms with Crippen molar-refractivity contribution in [3.63, 3.8) is 0 Å². The number of anilines is 1. The molecule has 0 bridgehead atoms. The number of nitrogens with two attached hydrogens (primary N) is 1. The minimum atomic E-state index is 0.0208. The SMILES string of the molecule is CCCN1C(=O)CCC(N)C1c1ccc(N(C)C)cc1. The van der Waals surface area contributed by atoms with Crippen molar-refractivity contribution in [3.05, 3.63) is 29.8 Å². The van der Waals surface area contributed by atoms with Gasteiger partial charge < -0.3 is 15.5 Å². The first-order valence-electron chi connectivity index (χ1n) is 7.37. The average Bonchev–Trinajstić information content (AvgIpc) is 2.43. The van der Waals surface area contributed by atoms with E-state index in [4.69, 9.17) is 5.73 Å². The second-order valence-corrected chi connectivity index (χ2v) is 5.72. The fourth-order valence-corrected chi connectivity index (χ4v) is 2.88. The van der Waals surface area contributed by atoms with Crippen molar-refractivity contribution in [2.24, 2.45) is 5.73 Å². The number of nitrogens with zero attached hydrogens (tertiary/aromatic N) is 2. The maximum Gasteiger partial charge on any atom is 0.223 e. The highest BCUT2D eigenvalue weighted by Gasteiger charge is 2.34. The van der Waals surface area contributed by atoms with Gasteiger partial charge in [0.15, 0.2) is 0 Å². The highest BCUT2D eigenvalue weighted by atomic mass is 16.2. The molecule has 2 unspecified atom stereocenters. The van der Waals surface area contributed by atoms with Crippen LogP contribution in [-0.2, 0) is 4.79 Å². The van der Waals surface area contributed by atoms with Crippen molar-refractivity contribution in [1.82, 2.24) is 4.90 Å². The van der Waals surface area contributed by atoms with Crippen LogP contribution in [0.25, 0.3) is 0 Å². The zero-order chi connectivity index (χ0) is 14.7. The predicted molar refractivity (Wildman–Crippen MR) is 82.7 cm³/mol. The number of rotatable bonds is 4. The second-order valence-electron chi connectivity index (χ2n) is 5.72. The molecule has 1 amide bonds. The number of piperidine rings is 1. The molecule has 1 fully saturated rings. The molecule has 0 radical (unpaired) electrons. The van der Waals surface area contributed by atoms with E-state index in [1.165, 1.54) is 0 Å². The summed E-state index contributed by atoms with van der Waals surface area (Å²) < 4.78 is 0. The summed E-state index contributed by atoms with van der Waals surface area (Å²) >= 11 is 0. The quantitative estimate of drug-likeness (QED) is 0.916. The van der Waals surface area contributed by atoms with Crippen molar-refractivity contribution >= 4 is 11.6 Å². The topological polar surface area (TPSA) is 49.6 Å². The molecule has 1 saturated heterocycles. The minimum absolute atomic E-state index is 0.0208. The number of benzene rings is 1. The molecule has 0 aliphatic carbocycles. The third-order valence-corrected chi connectivity index (χ3v) is 3.97. The van der Waals surface area contributed by atoms with Crippen LogP contribution in [0.1, 0.15) is 37.8 Å². The summed E-state index contributed by atoms with van der Waals surface area (Å²) in [5, 5.41) is 0. The summed E-state index contributed by atoms with van der Waals surface area (Å²) in [6.45, 7) is 2.88. The Morgan fingerprint density at radius 2 is 1.95 bits per heavy atom. The van der Waals surface area contributed by atoms with Gasteiger partial charge in [-0.15, -0.1) is 0 Å². The van der Waals surface area contributed by atoms with E-state index in [2.05, 4.69) is 36.1 Å². The van der Waals surface area contributed by atoms with Crippen LogP contribution in [0.4, 0.5) is 5.69 Å². The molecule has 2 atom stereocenters. The van der Waals surface area contributed by atoms with Crippen LogP contribution >= 0.6 is 0 Å². The maximum atomic E-state index is 12.2. The van der Waals surface area contributed by atoms with Gasteiger partial charge in [0.05, 0.1) is 6.04 Å². The molecule has 1 aromatic carbocycles. The van der Waals surface area contributed by atoms with Gasteiger partial charge in [-0.1, -0.05) is 19.1 Å². The first-order chi connectivity index (χ1) is 9.54. The standard InChI is InChI=1S/C16H25N3O/c1-4-11-19-15(20)10-9-14(17)16(19)12-5-7-13(8-6-12)18(2)3/h5-8,14,16H,4,9-11,17H2,1-3H3. The monoisotopic (exact) mass is 275 g/mol. The zero-order valence-corrected chi connectivity index (χ0v) is 12.7. The summed E-state index contributed by atoms with van der Waals surface area (Å²) in [4.78, 5) is 16.2. The van der Waals surface area contributed by atoms with E-state index in [9.17, 15) is 4.79 Å². The lowest BCUT2D eigenvalue weighted by molar-refractivity contribution is -0.137. The summed E-state index contributed by atoms with van der Waals surface area (Å²) in [5.74, 6) is 0.232. The Labute approximate surface area is 121 Å². The molecule has 0 spiro atoms. The average molecular weight is 275 g/mol. The molecular weight excluding hydrogens is 250 g/mol. The number of hydrogen-bond donors (Lipinski definition) is 1. The Balaban J connectivity index is 2.28.